The number of nitrogens with zero attached hydrogens (tertiary/aromatic N) is 2. The van der Waals surface area contributed by atoms with Gasteiger partial charge in [0, 0.05) is 17.2 Å². The number of benzene rings is 3. The highest BCUT2D eigenvalue weighted by molar-refractivity contribution is 9.11. The molecule has 14 nitrogen and oxygen atoms in total. The van der Waals surface area contributed by atoms with E-state index in [0.29, 0.717) is 25.3 Å². The van der Waals surface area contributed by atoms with Gasteiger partial charge in [-0.25, -0.2) is 4.79 Å². The van der Waals surface area contributed by atoms with E-state index >= 15 is 0 Å². The second kappa shape index (κ2) is 17.8. The number of nitriles is 1. The third kappa shape index (κ3) is 13.7. The minimum Gasteiger partial charge on any atom is -0.506 e. The zero-order chi connectivity index (χ0) is 32.9. The molecule has 0 amide bonds. The van der Waals surface area contributed by atoms with Gasteiger partial charge >= 0.3 is 19.5 Å². The number of esters is 1. The molecule has 0 heterocycles. The highest BCUT2D eigenvalue weighted by Crippen LogP contribution is 2.34. The summed E-state index contributed by atoms with van der Waals surface area (Å²) in [4.78, 5) is 48.0. The number of phenolic OH excluding ortho intramolecular Hbond substituents is 1. The van der Waals surface area contributed by atoms with Crippen LogP contribution in [0, 0.1) is 21.4 Å². The molecule has 19 heteroatoms. The number of aliphatic carboxylic acids is 1. The SMILES string of the molecule is COC(=O)c1cc(Oc2ccc(Cl)cc2Cl)ccc1[N+](=O)[O-].N#Cc1cc(Br)c(O)c(Br)c1.O=C(O)CNCP(=O)(O)O. The molecule has 3 rings (SSSR count). The number of carboxylic acid groups (broad SMARTS) is 1. The van der Waals surface area contributed by atoms with E-state index in [0.717, 1.165) is 13.2 Å². The van der Waals surface area contributed by atoms with Crippen LogP contribution in [0.15, 0.2) is 57.5 Å². The maximum atomic E-state index is 11.6. The standard InChI is InChI=1S/C14H9Cl2NO5.C7H3Br2NO.C3H8NO5P/c1-21-14(18)10-7-9(3-4-12(10)17(19)20)22-13-5-2-8(15)6-11(13)16;8-5-1-4(3-10)2-6(9)7(5)11;5-3(6)1-4-2-10(7,8)9/h2-7H,1H3;1-2,11H;4H,1-2H2,(H,5,6)(H2,7,8,9). The van der Waals surface area contributed by atoms with E-state index in [9.17, 15) is 29.4 Å². The van der Waals surface area contributed by atoms with Crippen LogP contribution in [-0.2, 0) is 14.1 Å². The summed E-state index contributed by atoms with van der Waals surface area (Å²) < 4.78 is 21.1. The van der Waals surface area contributed by atoms with Crippen LogP contribution in [0.4, 0.5) is 5.69 Å². The fourth-order valence-electron chi connectivity index (χ4n) is 2.63. The Morgan fingerprint density at radius 2 is 1.72 bits per heavy atom. The van der Waals surface area contributed by atoms with Crippen LogP contribution >= 0.6 is 62.7 Å². The molecule has 230 valence electrons. The van der Waals surface area contributed by atoms with Gasteiger partial charge in [0.2, 0.25) is 0 Å². The fraction of sp³-hybridized carbons (Fsp3) is 0.125. The normalized spacial score (nSPS) is 10.2. The second-order valence-corrected chi connectivity index (χ2v) is 11.8. The smallest absolute Gasteiger partial charge is 0.345 e. The number of rotatable bonds is 8. The van der Waals surface area contributed by atoms with Gasteiger partial charge in [0.1, 0.15) is 22.8 Å². The van der Waals surface area contributed by atoms with Crippen LogP contribution in [0.1, 0.15) is 15.9 Å². The number of nitro benzene ring substituents is 1. The average Bonchev–Trinajstić information content (AvgIpc) is 2.92. The number of aromatic hydroxyl groups is 1. The second-order valence-electron chi connectivity index (χ2n) is 7.65. The topological polar surface area (TPSA) is 230 Å². The number of hydrogen-bond acceptors (Lipinski definition) is 10. The molecule has 5 N–H and O–H groups in total. The van der Waals surface area contributed by atoms with Crippen molar-refractivity contribution < 1.29 is 48.6 Å². The molecular formula is C24H20Br2Cl2N3O11P. The molecule has 0 radical (unpaired) electrons. The molecule has 0 aromatic heterocycles. The first-order valence-corrected chi connectivity index (χ1v) is 15.2. The van der Waals surface area contributed by atoms with Crippen LogP contribution in [0.25, 0.3) is 0 Å². The maximum Gasteiger partial charge on any atom is 0.345 e. The molecule has 43 heavy (non-hydrogen) atoms. The molecule has 0 bridgehead atoms. The van der Waals surface area contributed by atoms with Crippen molar-refractivity contribution in [2.45, 2.75) is 0 Å². The Labute approximate surface area is 270 Å². The van der Waals surface area contributed by atoms with E-state index in [-0.39, 0.29) is 27.8 Å². The Morgan fingerprint density at radius 1 is 1.12 bits per heavy atom. The summed E-state index contributed by atoms with van der Waals surface area (Å²) in [5.74, 6) is -1.36. The highest BCUT2D eigenvalue weighted by atomic mass is 79.9. The number of phenols is 1. The first kappa shape index (κ1) is 37.8. The highest BCUT2D eigenvalue weighted by Gasteiger charge is 2.22. The molecule has 3 aromatic carbocycles. The molecule has 0 atom stereocenters. The van der Waals surface area contributed by atoms with Crippen molar-refractivity contribution in [3.05, 3.63) is 88.8 Å². The Kier molecular flexibility index (Phi) is 15.6. The van der Waals surface area contributed by atoms with E-state index in [1.54, 1.807) is 24.3 Å². The Morgan fingerprint density at radius 3 is 2.19 bits per heavy atom. The number of carbonyl (C=O) groups is 2. The van der Waals surface area contributed by atoms with E-state index in [4.69, 9.17) is 48.1 Å². The lowest BCUT2D eigenvalue weighted by Crippen LogP contribution is -2.23. The number of ether oxygens (including phenoxy) is 2. The van der Waals surface area contributed by atoms with Crippen molar-refractivity contribution in [1.82, 2.24) is 5.32 Å². The number of methoxy groups -OCH3 is 1. The average molecular weight is 788 g/mol. The van der Waals surface area contributed by atoms with Gasteiger partial charge < -0.3 is 29.5 Å². The number of nitro groups is 1. The summed E-state index contributed by atoms with van der Waals surface area (Å²) in [5.41, 5.74) is -0.0851. The molecule has 0 aliphatic carbocycles. The van der Waals surface area contributed by atoms with Gasteiger partial charge in [0.05, 0.1) is 50.5 Å². The molecule has 0 spiro atoms. The summed E-state index contributed by atoms with van der Waals surface area (Å²) in [6.07, 6.45) is -0.598. The van der Waals surface area contributed by atoms with E-state index < -0.39 is 37.3 Å². The fourth-order valence-corrected chi connectivity index (χ4v) is 4.67. The van der Waals surface area contributed by atoms with Crippen LogP contribution in [0.5, 0.6) is 17.2 Å². The molecule has 3 aromatic rings. The number of halogens is 4. The third-order valence-electron chi connectivity index (χ3n) is 4.43. The molecular weight excluding hydrogens is 768 g/mol. The van der Waals surface area contributed by atoms with Gasteiger partial charge in [-0.05, 0) is 68.3 Å². The van der Waals surface area contributed by atoms with Gasteiger partial charge in [-0.15, -0.1) is 0 Å². The van der Waals surface area contributed by atoms with Crippen molar-refractivity contribution in [3.63, 3.8) is 0 Å². The molecule has 0 fully saturated rings. The van der Waals surface area contributed by atoms with E-state index in [2.05, 4.69) is 41.9 Å². The Balaban J connectivity index is 0.000000368. The summed E-state index contributed by atoms with van der Waals surface area (Å²) in [7, 11) is -2.96. The number of carboxylic acids is 1. The van der Waals surface area contributed by atoms with Crippen LogP contribution in [-0.4, -0.2) is 56.8 Å². The van der Waals surface area contributed by atoms with Crippen LogP contribution in [0.2, 0.25) is 10.0 Å². The van der Waals surface area contributed by atoms with Gasteiger partial charge in [0.15, 0.2) is 0 Å². The zero-order valence-electron chi connectivity index (χ0n) is 21.5. The lowest BCUT2D eigenvalue weighted by Gasteiger charge is -2.09. The van der Waals surface area contributed by atoms with Crippen LogP contribution < -0.4 is 10.1 Å². The zero-order valence-corrected chi connectivity index (χ0v) is 27.1. The molecule has 0 unspecified atom stereocenters. The molecule has 0 saturated carbocycles. The first-order chi connectivity index (χ1) is 20.0. The monoisotopic (exact) mass is 785 g/mol. The first-order valence-electron chi connectivity index (χ1n) is 11.0. The van der Waals surface area contributed by atoms with Crippen molar-refractivity contribution in [2.75, 3.05) is 19.9 Å². The third-order valence-corrected chi connectivity index (χ3v) is 6.81. The number of hydrogen-bond donors (Lipinski definition) is 5. The van der Waals surface area contributed by atoms with Gasteiger partial charge in [0.25, 0.3) is 5.69 Å². The quantitative estimate of drug-likeness (QED) is 0.0757. The van der Waals surface area contributed by atoms with Gasteiger partial charge in [-0.1, -0.05) is 23.2 Å². The summed E-state index contributed by atoms with van der Waals surface area (Å²) in [6, 6.07) is 13.4. The van der Waals surface area contributed by atoms with Gasteiger partial charge in [-0.2, -0.15) is 5.26 Å². The lowest BCUT2D eigenvalue weighted by atomic mass is 10.1. The predicted octanol–water partition coefficient (Wildman–Crippen LogP) is 6.07. The van der Waals surface area contributed by atoms with Crippen molar-refractivity contribution in [1.29, 1.82) is 5.26 Å². The summed E-state index contributed by atoms with van der Waals surface area (Å²) in [5, 5.41) is 39.4. The summed E-state index contributed by atoms with van der Waals surface area (Å²) >= 11 is 18.0. The number of carbonyl (C=O) groups excluding carboxylic acids is 1. The van der Waals surface area contributed by atoms with Crippen molar-refractivity contribution in [2.24, 2.45) is 0 Å². The van der Waals surface area contributed by atoms with Crippen molar-refractivity contribution >= 4 is 80.3 Å². The molecule has 0 aliphatic rings. The van der Waals surface area contributed by atoms with Crippen LogP contribution in [0.3, 0.4) is 0 Å². The van der Waals surface area contributed by atoms with Crippen molar-refractivity contribution in [3.8, 4) is 23.3 Å². The van der Waals surface area contributed by atoms with E-state index in [1.807, 2.05) is 6.07 Å². The Hall–Kier alpha value is -3.26. The van der Waals surface area contributed by atoms with E-state index in [1.165, 1.54) is 18.2 Å². The largest absolute Gasteiger partial charge is 0.506 e. The van der Waals surface area contributed by atoms with Gasteiger partial charge in [-0.3, -0.25) is 24.8 Å². The minimum absolute atomic E-state index is 0.115. The number of nitrogens with one attached hydrogen (secondary N) is 1. The minimum atomic E-state index is -4.10. The Bertz CT molecular complexity index is 1560. The molecule has 0 saturated heterocycles. The lowest BCUT2D eigenvalue weighted by molar-refractivity contribution is -0.385. The summed E-state index contributed by atoms with van der Waals surface area (Å²) in [6.45, 7) is -0.439. The maximum absolute atomic E-state index is 11.6. The molecule has 0 aliphatic heterocycles. The predicted molar refractivity (Wildman–Crippen MR) is 162 cm³/mol.